The molecule has 0 unspecified atom stereocenters. The molecule has 0 saturated heterocycles. The lowest BCUT2D eigenvalue weighted by Gasteiger charge is -2.03. The number of anilines is 1. The Hall–Kier alpha value is -1.65. The fourth-order valence-electron chi connectivity index (χ4n) is 1.27. The Labute approximate surface area is 81.7 Å². The Kier molecular flexibility index (Phi) is 2.07. The van der Waals surface area contributed by atoms with Crippen LogP contribution in [-0.2, 0) is 0 Å². The van der Waals surface area contributed by atoms with E-state index in [1.807, 2.05) is 0 Å². The van der Waals surface area contributed by atoms with Crippen molar-refractivity contribution in [1.29, 1.82) is 0 Å². The molecule has 1 amide bonds. The number of nitrogens with two attached hydrogens (primary N) is 1. The van der Waals surface area contributed by atoms with E-state index in [2.05, 4.69) is 22.2 Å². The van der Waals surface area contributed by atoms with E-state index in [0.29, 0.717) is 17.8 Å². The molecule has 0 bridgehead atoms. The first kappa shape index (κ1) is 8.93. The van der Waals surface area contributed by atoms with Gasteiger partial charge in [-0.2, -0.15) is 0 Å². The lowest BCUT2D eigenvalue weighted by molar-refractivity contribution is 0.0995. The van der Waals surface area contributed by atoms with Crippen LogP contribution in [0.3, 0.4) is 0 Å². The van der Waals surface area contributed by atoms with Crippen molar-refractivity contribution < 1.29 is 4.79 Å². The van der Waals surface area contributed by atoms with Gasteiger partial charge in [0.1, 0.15) is 11.5 Å². The Balaban J connectivity index is 2.10. The largest absolute Gasteiger partial charge is 0.366 e. The molecule has 0 spiro atoms. The van der Waals surface area contributed by atoms with Gasteiger partial charge in [-0.05, 0) is 12.3 Å². The summed E-state index contributed by atoms with van der Waals surface area (Å²) < 4.78 is 0. The zero-order valence-corrected chi connectivity index (χ0v) is 7.90. The van der Waals surface area contributed by atoms with Crippen LogP contribution in [0.25, 0.3) is 0 Å². The lowest BCUT2D eigenvalue weighted by atomic mass is 10.4. The molecule has 1 aliphatic rings. The second kappa shape index (κ2) is 3.25. The van der Waals surface area contributed by atoms with Gasteiger partial charge in [-0.15, -0.1) is 0 Å². The number of carbonyl (C=O) groups is 1. The molecule has 5 heteroatoms. The molecule has 3 N–H and O–H groups in total. The van der Waals surface area contributed by atoms with Gasteiger partial charge < -0.3 is 11.1 Å². The van der Waals surface area contributed by atoms with E-state index in [4.69, 9.17) is 5.73 Å². The molecule has 2 atom stereocenters. The van der Waals surface area contributed by atoms with Crippen molar-refractivity contribution in [2.24, 2.45) is 11.7 Å². The van der Waals surface area contributed by atoms with Crippen LogP contribution in [0.15, 0.2) is 12.4 Å². The van der Waals surface area contributed by atoms with E-state index in [1.54, 1.807) is 6.20 Å². The molecule has 1 aliphatic carbocycles. The minimum absolute atomic E-state index is 0.198. The van der Waals surface area contributed by atoms with Crippen LogP contribution in [-0.4, -0.2) is 21.9 Å². The lowest BCUT2D eigenvalue weighted by Crippen LogP contribution is -2.15. The van der Waals surface area contributed by atoms with Gasteiger partial charge in [0.2, 0.25) is 0 Å². The van der Waals surface area contributed by atoms with E-state index >= 15 is 0 Å². The first-order chi connectivity index (χ1) is 6.66. The third-order valence-electron chi connectivity index (χ3n) is 2.33. The van der Waals surface area contributed by atoms with Crippen molar-refractivity contribution in [1.82, 2.24) is 9.97 Å². The van der Waals surface area contributed by atoms with Crippen molar-refractivity contribution in [2.45, 2.75) is 19.4 Å². The van der Waals surface area contributed by atoms with Crippen molar-refractivity contribution in [3.63, 3.8) is 0 Å². The highest BCUT2D eigenvalue weighted by Gasteiger charge is 2.32. The highest BCUT2D eigenvalue weighted by Crippen LogP contribution is 2.31. The topological polar surface area (TPSA) is 80.9 Å². The van der Waals surface area contributed by atoms with Gasteiger partial charge in [0.15, 0.2) is 0 Å². The molecule has 1 aromatic heterocycles. The van der Waals surface area contributed by atoms with Gasteiger partial charge in [0.25, 0.3) is 5.91 Å². The summed E-state index contributed by atoms with van der Waals surface area (Å²) in [6.45, 7) is 2.16. The molecular formula is C9H12N4O. The predicted molar refractivity (Wildman–Crippen MR) is 51.7 cm³/mol. The third-order valence-corrected chi connectivity index (χ3v) is 2.33. The van der Waals surface area contributed by atoms with E-state index < -0.39 is 5.91 Å². The standard InChI is InChI=1S/C9H12N4O/c1-5-2-6(5)12-8-4-11-3-7(13-8)9(10)14/h3-6H,2H2,1H3,(H2,10,14)(H,12,13)/t5-,6-/m1/s1. The number of carbonyl (C=O) groups excluding carboxylic acids is 1. The Bertz CT molecular complexity index is 366. The summed E-state index contributed by atoms with van der Waals surface area (Å²) in [5, 5.41) is 3.18. The molecule has 1 fully saturated rings. The number of nitrogens with zero attached hydrogens (tertiary/aromatic N) is 2. The number of hydrogen-bond acceptors (Lipinski definition) is 4. The van der Waals surface area contributed by atoms with Gasteiger partial charge in [0.05, 0.1) is 12.4 Å². The number of aromatic nitrogens is 2. The number of hydrogen-bond donors (Lipinski definition) is 2. The maximum Gasteiger partial charge on any atom is 0.268 e. The van der Waals surface area contributed by atoms with Gasteiger partial charge in [0, 0.05) is 6.04 Å². The predicted octanol–water partition coefficient (Wildman–Crippen LogP) is 0.396. The van der Waals surface area contributed by atoms with Crippen molar-refractivity contribution in [3.05, 3.63) is 18.1 Å². The summed E-state index contributed by atoms with van der Waals surface area (Å²) in [5.41, 5.74) is 5.28. The zero-order chi connectivity index (χ0) is 10.1. The Morgan fingerprint density at radius 3 is 2.93 bits per heavy atom. The Morgan fingerprint density at radius 2 is 2.36 bits per heavy atom. The summed E-state index contributed by atoms with van der Waals surface area (Å²) in [5.74, 6) is 0.745. The summed E-state index contributed by atoms with van der Waals surface area (Å²) in [6.07, 6.45) is 4.10. The summed E-state index contributed by atoms with van der Waals surface area (Å²) in [7, 11) is 0. The zero-order valence-electron chi connectivity index (χ0n) is 7.90. The molecular weight excluding hydrogens is 180 g/mol. The molecule has 0 radical (unpaired) electrons. The first-order valence-electron chi connectivity index (χ1n) is 4.55. The quantitative estimate of drug-likeness (QED) is 0.726. The molecule has 0 aliphatic heterocycles. The molecule has 1 aromatic rings. The minimum atomic E-state index is -0.551. The van der Waals surface area contributed by atoms with Crippen LogP contribution in [0.4, 0.5) is 5.82 Å². The third kappa shape index (κ3) is 1.81. The summed E-state index contributed by atoms with van der Waals surface area (Å²) >= 11 is 0. The smallest absolute Gasteiger partial charge is 0.268 e. The molecule has 1 saturated carbocycles. The van der Waals surface area contributed by atoms with Crippen LogP contribution in [0, 0.1) is 5.92 Å². The van der Waals surface area contributed by atoms with Crippen LogP contribution < -0.4 is 11.1 Å². The highest BCUT2D eigenvalue weighted by molar-refractivity contribution is 5.90. The fourth-order valence-corrected chi connectivity index (χ4v) is 1.27. The average Bonchev–Trinajstić information content (AvgIpc) is 2.82. The van der Waals surface area contributed by atoms with Gasteiger partial charge in [-0.25, -0.2) is 4.98 Å². The van der Waals surface area contributed by atoms with Gasteiger partial charge in [-0.1, -0.05) is 6.92 Å². The monoisotopic (exact) mass is 192 g/mol. The molecule has 1 heterocycles. The summed E-state index contributed by atoms with van der Waals surface area (Å²) in [6, 6.07) is 0.465. The van der Waals surface area contributed by atoms with E-state index in [0.717, 1.165) is 6.42 Å². The summed E-state index contributed by atoms with van der Waals surface area (Å²) in [4.78, 5) is 18.7. The molecule has 74 valence electrons. The number of primary amides is 1. The normalized spacial score (nSPS) is 24.4. The van der Waals surface area contributed by atoms with E-state index in [9.17, 15) is 4.79 Å². The minimum Gasteiger partial charge on any atom is -0.366 e. The molecule has 2 rings (SSSR count). The SMILES string of the molecule is C[C@@H]1C[C@H]1Nc1cncc(C(N)=O)n1. The van der Waals surface area contributed by atoms with E-state index in [-0.39, 0.29) is 5.69 Å². The Morgan fingerprint density at radius 1 is 1.64 bits per heavy atom. The first-order valence-corrected chi connectivity index (χ1v) is 4.55. The number of amides is 1. The van der Waals surface area contributed by atoms with Crippen LogP contribution in [0.5, 0.6) is 0 Å². The fraction of sp³-hybridized carbons (Fsp3) is 0.444. The maximum absolute atomic E-state index is 10.8. The van der Waals surface area contributed by atoms with Gasteiger partial charge in [-0.3, -0.25) is 9.78 Å². The highest BCUT2D eigenvalue weighted by atomic mass is 16.1. The average molecular weight is 192 g/mol. The maximum atomic E-state index is 10.8. The van der Waals surface area contributed by atoms with E-state index in [1.165, 1.54) is 6.20 Å². The van der Waals surface area contributed by atoms with Crippen LogP contribution >= 0.6 is 0 Å². The molecule has 14 heavy (non-hydrogen) atoms. The van der Waals surface area contributed by atoms with Crippen LogP contribution in [0.2, 0.25) is 0 Å². The van der Waals surface area contributed by atoms with Crippen LogP contribution in [0.1, 0.15) is 23.8 Å². The number of rotatable bonds is 3. The molecule has 0 aromatic carbocycles. The molecule has 5 nitrogen and oxygen atoms in total. The second-order valence-corrected chi connectivity index (χ2v) is 3.62. The van der Waals surface area contributed by atoms with Gasteiger partial charge >= 0.3 is 0 Å². The van der Waals surface area contributed by atoms with Crippen molar-refractivity contribution >= 4 is 11.7 Å². The second-order valence-electron chi connectivity index (χ2n) is 3.62. The van der Waals surface area contributed by atoms with Crippen molar-refractivity contribution in [2.75, 3.05) is 5.32 Å². The number of nitrogens with one attached hydrogen (secondary N) is 1. The van der Waals surface area contributed by atoms with Crippen molar-refractivity contribution in [3.8, 4) is 0 Å².